The van der Waals surface area contributed by atoms with E-state index in [1.807, 2.05) is 54.6 Å². The fourth-order valence-corrected chi connectivity index (χ4v) is 3.44. The molecule has 0 radical (unpaired) electrons. The van der Waals surface area contributed by atoms with Crippen LogP contribution >= 0.6 is 11.8 Å². The van der Waals surface area contributed by atoms with E-state index in [0.29, 0.717) is 17.0 Å². The lowest BCUT2D eigenvalue weighted by Gasteiger charge is -2.06. The maximum absolute atomic E-state index is 12.4. The van der Waals surface area contributed by atoms with Crippen molar-refractivity contribution in [3.63, 3.8) is 0 Å². The first-order valence-corrected chi connectivity index (χ1v) is 10.1. The number of thioether (sulfide) groups is 1. The number of nitrogens with one attached hydrogen (secondary N) is 1. The Hall–Kier alpha value is -3.31. The molecular formula is C24H21NO3S. The average molecular weight is 404 g/mol. The molecule has 146 valence electrons. The van der Waals surface area contributed by atoms with Crippen molar-refractivity contribution in [1.82, 2.24) is 0 Å². The molecule has 0 fully saturated rings. The number of rotatable bonds is 8. The number of anilines is 1. The Kier molecular flexibility index (Phi) is 7.25. The molecule has 1 amide bonds. The Labute approximate surface area is 174 Å². The molecule has 3 aromatic carbocycles. The number of carbonyl (C=O) groups is 2. The fourth-order valence-electron chi connectivity index (χ4n) is 2.59. The summed E-state index contributed by atoms with van der Waals surface area (Å²) >= 11 is 1.43. The van der Waals surface area contributed by atoms with E-state index in [-0.39, 0.29) is 11.7 Å². The molecule has 0 atom stereocenters. The lowest BCUT2D eigenvalue weighted by molar-refractivity contribution is -0.111. The molecule has 0 bridgehead atoms. The third-order valence-corrected chi connectivity index (χ3v) is 5.10. The molecule has 4 nitrogen and oxygen atoms in total. The molecule has 5 heteroatoms. The summed E-state index contributed by atoms with van der Waals surface area (Å²) < 4.78 is 5.11. The van der Waals surface area contributed by atoms with Crippen molar-refractivity contribution in [3.8, 4) is 5.75 Å². The Morgan fingerprint density at radius 1 is 0.966 bits per heavy atom. The molecule has 0 aromatic heterocycles. The molecule has 0 spiro atoms. The first-order valence-electron chi connectivity index (χ1n) is 9.08. The standard InChI is InChI=1S/C24H21NO3S/c1-28-21-13-11-19(12-14-21)23(26)17-29-22-9-5-8-20(16-22)25-24(27)15-10-18-6-3-2-4-7-18/h2-16H,17H2,1H3,(H,25,27)/b15-10+. The van der Waals surface area contributed by atoms with Gasteiger partial charge in [0, 0.05) is 22.2 Å². The maximum Gasteiger partial charge on any atom is 0.248 e. The van der Waals surface area contributed by atoms with Gasteiger partial charge in [0.2, 0.25) is 5.91 Å². The monoisotopic (exact) mass is 403 g/mol. The van der Waals surface area contributed by atoms with Gasteiger partial charge in [0.1, 0.15) is 5.75 Å². The number of hydrogen-bond acceptors (Lipinski definition) is 4. The molecule has 0 saturated heterocycles. The smallest absolute Gasteiger partial charge is 0.248 e. The van der Waals surface area contributed by atoms with Gasteiger partial charge in [-0.2, -0.15) is 0 Å². The number of Topliss-reactive ketones (excluding diaryl/α,β-unsaturated/α-hetero) is 1. The number of methoxy groups -OCH3 is 1. The summed E-state index contributed by atoms with van der Waals surface area (Å²) in [7, 11) is 1.59. The van der Waals surface area contributed by atoms with Crippen molar-refractivity contribution in [3.05, 3.63) is 96.1 Å². The van der Waals surface area contributed by atoms with Gasteiger partial charge in [0.05, 0.1) is 12.9 Å². The zero-order valence-electron chi connectivity index (χ0n) is 16.0. The van der Waals surface area contributed by atoms with Gasteiger partial charge in [-0.05, 0) is 54.1 Å². The quantitative estimate of drug-likeness (QED) is 0.314. The summed E-state index contributed by atoms with van der Waals surface area (Å²) in [6.07, 6.45) is 3.27. The summed E-state index contributed by atoms with van der Waals surface area (Å²) in [6, 6.07) is 24.2. The van der Waals surface area contributed by atoms with Crippen LogP contribution in [0.5, 0.6) is 5.75 Å². The van der Waals surface area contributed by atoms with Crippen LogP contribution in [-0.2, 0) is 4.79 Å². The summed E-state index contributed by atoms with van der Waals surface area (Å²) in [5.74, 6) is 0.875. The largest absolute Gasteiger partial charge is 0.497 e. The number of amides is 1. The highest BCUT2D eigenvalue weighted by molar-refractivity contribution is 8.00. The van der Waals surface area contributed by atoms with Crippen LogP contribution in [-0.4, -0.2) is 24.6 Å². The van der Waals surface area contributed by atoms with Gasteiger partial charge in [0.15, 0.2) is 5.78 Å². The van der Waals surface area contributed by atoms with E-state index in [0.717, 1.165) is 16.2 Å². The Balaban J connectivity index is 1.55. The van der Waals surface area contributed by atoms with E-state index in [2.05, 4.69) is 5.32 Å². The second-order valence-corrected chi connectivity index (χ2v) is 7.25. The highest BCUT2D eigenvalue weighted by Crippen LogP contribution is 2.23. The predicted octanol–water partition coefficient (Wildman–Crippen LogP) is 5.32. The maximum atomic E-state index is 12.4. The van der Waals surface area contributed by atoms with Crippen LogP contribution in [0.15, 0.2) is 89.8 Å². The van der Waals surface area contributed by atoms with Gasteiger partial charge in [-0.15, -0.1) is 11.8 Å². The van der Waals surface area contributed by atoms with Crippen LogP contribution in [0.4, 0.5) is 5.69 Å². The predicted molar refractivity (Wildman–Crippen MR) is 119 cm³/mol. The molecule has 0 unspecified atom stereocenters. The van der Waals surface area contributed by atoms with Crippen LogP contribution in [0.3, 0.4) is 0 Å². The number of ketones is 1. The zero-order valence-corrected chi connectivity index (χ0v) is 16.8. The molecular weight excluding hydrogens is 382 g/mol. The van der Waals surface area contributed by atoms with Crippen LogP contribution in [0.1, 0.15) is 15.9 Å². The lowest BCUT2D eigenvalue weighted by Crippen LogP contribution is -2.07. The van der Waals surface area contributed by atoms with Crippen molar-refractivity contribution in [2.24, 2.45) is 0 Å². The lowest BCUT2D eigenvalue weighted by atomic mass is 10.1. The van der Waals surface area contributed by atoms with E-state index in [9.17, 15) is 9.59 Å². The highest BCUT2D eigenvalue weighted by Gasteiger charge is 2.08. The Bertz CT molecular complexity index is 998. The summed E-state index contributed by atoms with van der Waals surface area (Å²) in [5.41, 5.74) is 2.30. The zero-order chi connectivity index (χ0) is 20.5. The number of ether oxygens (including phenoxy) is 1. The third kappa shape index (κ3) is 6.36. The van der Waals surface area contributed by atoms with Crippen LogP contribution in [0, 0.1) is 0 Å². The first kappa shape index (κ1) is 20.4. The molecule has 1 N–H and O–H groups in total. The van der Waals surface area contributed by atoms with E-state index >= 15 is 0 Å². The average Bonchev–Trinajstić information content (AvgIpc) is 2.77. The molecule has 0 aliphatic carbocycles. The SMILES string of the molecule is COc1ccc(C(=O)CSc2cccc(NC(=O)/C=C/c3ccccc3)c2)cc1. The van der Waals surface area contributed by atoms with E-state index in [4.69, 9.17) is 4.74 Å². The molecule has 3 rings (SSSR count). The second-order valence-electron chi connectivity index (χ2n) is 6.20. The molecule has 3 aromatic rings. The summed E-state index contributed by atoms with van der Waals surface area (Å²) in [5, 5.41) is 2.85. The second kappa shape index (κ2) is 10.3. The van der Waals surface area contributed by atoms with Gasteiger partial charge >= 0.3 is 0 Å². The summed E-state index contributed by atoms with van der Waals surface area (Å²) in [4.78, 5) is 25.4. The van der Waals surface area contributed by atoms with Crippen LogP contribution in [0.25, 0.3) is 6.08 Å². The molecule has 0 aliphatic rings. The topological polar surface area (TPSA) is 55.4 Å². The van der Waals surface area contributed by atoms with E-state index in [1.165, 1.54) is 17.8 Å². The minimum Gasteiger partial charge on any atom is -0.497 e. The number of benzene rings is 3. The molecule has 0 saturated carbocycles. The van der Waals surface area contributed by atoms with Gasteiger partial charge in [-0.1, -0.05) is 36.4 Å². The van der Waals surface area contributed by atoms with Gasteiger partial charge in [0.25, 0.3) is 0 Å². The van der Waals surface area contributed by atoms with Gasteiger partial charge in [-0.3, -0.25) is 9.59 Å². The first-order chi connectivity index (χ1) is 14.1. The van der Waals surface area contributed by atoms with E-state index in [1.54, 1.807) is 37.5 Å². The van der Waals surface area contributed by atoms with Crippen molar-refractivity contribution in [2.75, 3.05) is 18.2 Å². The van der Waals surface area contributed by atoms with Gasteiger partial charge < -0.3 is 10.1 Å². The molecule has 29 heavy (non-hydrogen) atoms. The highest BCUT2D eigenvalue weighted by atomic mass is 32.2. The van der Waals surface area contributed by atoms with Crippen LogP contribution in [0.2, 0.25) is 0 Å². The minimum atomic E-state index is -0.203. The fraction of sp³-hybridized carbons (Fsp3) is 0.0833. The molecule has 0 heterocycles. The van der Waals surface area contributed by atoms with E-state index < -0.39 is 0 Å². The van der Waals surface area contributed by atoms with Gasteiger partial charge in [-0.25, -0.2) is 0 Å². The third-order valence-electron chi connectivity index (χ3n) is 4.11. The van der Waals surface area contributed by atoms with Crippen molar-refractivity contribution < 1.29 is 14.3 Å². The normalized spacial score (nSPS) is 10.7. The van der Waals surface area contributed by atoms with Crippen molar-refractivity contribution >= 4 is 35.2 Å². The Morgan fingerprint density at radius 3 is 2.45 bits per heavy atom. The van der Waals surface area contributed by atoms with Crippen molar-refractivity contribution in [1.29, 1.82) is 0 Å². The summed E-state index contributed by atoms with van der Waals surface area (Å²) in [6.45, 7) is 0. The van der Waals surface area contributed by atoms with Crippen LogP contribution < -0.4 is 10.1 Å². The molecule has 0 aliphatic heterocycles. The minimum absolute atomic E-state index is 0.0397. The number of carbonyl (C=O) groups excluding carboxylic acids is 2. The Morgan fingerprint density at radius 2 is 1.72 bits per heavy atom. The van der Waals surface area contributed by atoms with Crippen molar-refractivity contribution in [2.45, 2.75) is 4.90 Å². The number of hydrogen-bond donors (Lipinski definition) is 1.